The Balaban J connectivity index is 1.41. The zero-order valence-electron chi connectivity index (χ0n) is 17.8. The highest BCUT2D eigenvalue weighted by Crippen LogP contribution is 2.28. The zero-order valence-corrected chi connectivity index (χ0v) is 18.6. The summed E-state index contributed by atoms with van der Waals surface area (Å²) in [5.74, 6) is 1.84. The lowest BCUT2D eigenvalue weighted by molar-refractivity contribution is -0.0817. The van der Waals surface area contributed by atoms with Gasteiger partial charge in [-0.25, -0.2) is 4.99 Å². The van der Waals surface area contributed by atoms with Crippen LogP contribution in [0.3, 0.4) is 0 Å². The van der Waals surface area contributed by atoms with Crippen LogP contribution in [0.5, 0.6) is 5.75 Å². The van der Waals surface area contributed by atoms with Gasteiger partial charge < -0.3 is 24.4 Å². The highest BCUT2D eigenvalue weighted by Gasteiger charge is 2.32. The Morgan fingerprint density at radius 3 is 2.77 bits per heavy atom. The summed E-state index contributed by atoms with van der Waals surface area (Å²) in [5.41, 5.74) is 2.42. The minimum absolute atomic E-state index is 0.133. The zero-order chi connectivity index (χ0) is 20.8. The van der Waals surface area contributed by atoms with Crippen LogP contribution in [0, 0.1) is 0 Å². The van der Waals surface area contributed by atoms with Crippen molar-refractivity contribution in [2.45, 2.75) is 38.5 Å². The Labute approximate surface area is 182 Å². The molecule has 2 atom stereocenters. The Hall–Kier alpha value is -2.09. The molecule has 1 N–H and O–H groups in total. The Morgan fingerprint density at radius 1 is 1.20 bits per heavy atom. The second-order valence-electron chi connectivity index (χ2n) is 7.61. The maximum atomic E-state index is 6.00. The summed E-state index contributed by atoms with van der Waals surface area (Å²) in [6, 6.07) is 10.4. The van der Waals surface area contributed by atoms with Crippen molar-refractivity contribution in [3.8, 4) is 16.9 Å². The predicted octanol–water partition coefficient (Wildman–Crippen LogP) is 3.77. The lowest BCUT2D eigenvalue weighted by atomic mass is 10.1. The summed E-state index contributed by atoms with van der Waals surface area (Å²) < 4.78 is 17.1. The van der Waals surface area contributed by atoms with E-state index >= 15 is 0 Å². The van der Waals surface area contributed by atoms with E-state index in [1.54, 1.807) is 18.4 Å². The first-order chi connectivity index (χ1) is 14.8. The number of hydrogen-bond acceptors (Lipinski definition) is 5. The van der Waals surface area contributed by atoms with E-state index < -0.39 is 0 Å². The number of ether oxygens (including phenoxy) is 3. The van der Waals surface area contributed by atoms with Crippen LogP contribution in [-0.2, 0) is 16.0 Å². The van der Waals surface area contributed by atoms with Crippen molar-refractivity contribution >= 4 is 17.3 Å². The molecule has 162 valence electrons. The van der Waals surface area contributed by atoms with Gasteiger partial charge in [-0.05, 0) is 54.5 Å². The molecule has 0 saturated carbocycles. The van der Waals surface area contributed by atoms with Crippen LogP contribution in [0.2, 0.25) is 0 Å². The van der Waals surface area contributed by atoms with Crippen molar-refractivity contribution in [3.63, 3.8) is 0 Å². The fourth-order valence-electron chi connectivity index (χ4n) is 3.97. The molecule has 4 rings (SSSR count). The third-order valence-electron chi connectivity index (χ3n) is 5.57. The van der Waals surface area contributed by atoms with Crippen molar-refractivity contribution in [2.75, 3.05) is 40.0 Å². The molecule has 2 fully saturated rings. The largest absolute Gasteiger partial charge is 0.497 e. The molecule has 2 aliphatic rings. The van der Waals surface area contributed by atoms with Crippen molar-refractivity contribution in [1.29, 1.82) is 0 Å². The van der Waals surface area contributed by atoms with Gasteiger partial charge in [-0.2, -0.15) is 0 Å². The number of methoxy groups -OCH3 is 1. The first kappa shape index (κ1) is 21.2. The smallest absolute Gasteiger partial charge is 0.194 e. The molecule has 30 heavy (non-hydrogen) atoms. The van der Waals surface area contributed by atoms with Gasteiger partial charge in [0.15, 0.2) is 5.96 Å². The van der Waals surface area contributed by atoms with Crippen LogP contribution >= 0.6 is 11.3 Å². The van der Waals surface area contributed by atoms with E-state index in [-0.39, 0.29) is 12.2 Å². The molecule has 2 unspecified atom stereocenters. The Morgan fingerprint density at radius 2 is 2.03 bits per heavy atom. The third-order valence-corrected chi connectivity index (χ3v) is 6.49. The van der Waals surface area contributed by atoms with Crippen LogP contribution in [0.25, 0.3) is 11.1 Å². The standard InChI is InChI=1S/C23H31N3O3S/c1-3-24-23(26-10-12-29-22(15-26)21-5-4-11-28-21)25-14-20-13-18(16-30-20)17-6-8-19(27-2)9-7-17/h6-9,13,16,21-22H,3-5,10-12,14-15H2,1-2H3,(H,24,25). The number of thiophene rings is 1. The quantitative estimate of drug-likeness (QED) is 0.560. The van der Waals surface area contributed by atoms with Gasteiger partial charge in [-0.3, -0.25) is 0 Å². The van der Waals surface area contributed by atoms with Crippen molar-refractivity contribution in [3.05, 3.63) is 40.6 Å². The molecular weight excluding hydrogens is 398 g/mol. The van der Waals surface area contributed by atoms with Crippen LogP contribution in [0.4, 0.5) is 0 Å². The average Bonchev–Trinajstić information content (AvgIpc) is 3.49. The number of nitrogens with zero attached hydrogens (tertiary/aromatic N) is 2. The highest BCUT2D eigenvalue weighted by atomic mass is 32.1. The molecular formula is C23H31N3O3S. The van der Waals surface area contributed by atoms with E-state index in [1.807, 2.05) is 12.1 Å². The van der Waals surface area contributed by atoms with E-state index in [1.165, 1.54) is 16.0 Å². The van der Waals surface area contributed by atoms with Gasteiger partial charge >= 0.3 is 0 Å². The number of morpholine rings is 1. The number of rotatable bonds is 6. The molecule has 0 bridgehead atoms. The second-order valence-corrected chi connectivity index (χ2v) is 8.60. The van der Waals surface area contributed by atoms with Crippen molar-refractivity contribution in [1.82, 2.24) is 10.2 Å². The average molecular weight is 430 g/mol. The lowest BCUT2D eigenvalue weighted by Gasteiger charge is -2.37. The van der Waals surface area contributed by atoms with E-state index in [2.05, 4.69) is 40.7 Å². The number of aliphatic imine (C=N–C) groups is 1. The van der Waals surface area contributed by atoms with Crippen LogP contribution in [-0.4, -0.2) is 63.0 Å². The SMILES string of the molecule is CCNC(=NCc1cc(-c2ccc(OC)cc2)cs1)N1CCOC(C2CCCO2)C1. The topological polar surface area (TPSA) is 55.3 Å². The summed E-state index contributed by atoms with van der Waals surface area (Å²) in [6.07, 6.45) is 2.58. The van der Waals surface area contributed by atoms with Crippen LogP contribution < -0.4 is 10.1 Å². The maximum Gasteiger partial charge on any atom is 0.194 e. The second kappa shape index (κ2) is 10.3. The minimum atomic E-state index is 0.133. The molecule has 1 aromatic carbocycles. The summed E-state index contributed by atoms with van der Waals surface area (Å²) in [4.78, 5) is 8.50. The molecule has 6 nitrogen and oxygen atoms in total. The van der Waals surface area contributed by atoms with E-state index in [0.717, 1.165) is 57.4 Å². The van der Waals surface area contributed by atoms with Gasteiger partial charge in [0, 0.05) is 31.1 Å². The monoisotopic (exact) mass is 429 g/mol. The number of benzene rings is 1. The molecule has 7 heteroatoms. The van der Waals surface area contributed by atoms with Crippen molar-refractivity contribution in [2.24, 2.45) is 4.99 Å². The van der Waals surface area contributed by atoms with Crippen LogP contribution in [0.1, 0.15) is 24.6 Å². The van der Waals surface area contributed by atoms with Crippen LogP contribution in [0.15, 0.2) is 40.7 Å². The summed E-state index contributed by atoms with van der Waals surface area (Å²) >= 11 is 1.75. The minimum Gasteiger partial charge on any atom is -0.497 e. The summed E-state index contributed by atoms with van der Waals surface area (Å²) in [5, 5.41) is 5.65. The molecule has 0 aliphatic carbocycles. The first-order valence-corrected chi connectivity index (χ1v) is 11.6. The van der Waals surface area contributed by atoms with Crippen molar-refractivity contribution < 1.29 is 14.2 Å². The lowest BCUT2D eigenvalue weighted by Crippen LogP contribution is -2.53. The molecule has 1 aromatic heterocycles. The number of nitrogens with one attached hydrogen (secondary N) is 1. The molecule has 0 amide bonds. The van der Waals surface area contributed by atoms with E-state index in [0.29, 0.717) is 6.54 Å². The predicted molar refractivity (Wildman–Crippen MR) is 121 cm³/mol. The number of guanidine groups is 1. The Bertz CT molecular complexity index is 830. The fraction of sp³-hybridized carbons (Fsp3) is 0.522. The first-order valence-electron chi connectivity index (χ1n) is 10.7. The van der Waals surface area contributed by atoms with Gasteiger partial charge in [-0.15, -0.1) is 11.3 Å². The molecule has 3 heterocycles. The highest BCUT2D eigenvalue weighted by molar-refractivity contribution is 7.10. The normalized spacial score (nSPS) is 22.3. The molecule has 0 spiro atoms. The van der Waals surface area contributed by atoms with Gasteiger partial charge in [0.2, 0.25) is 0 Å². The summed E-state index contributed by atoms with van der Waals surface area (Å²) in [7, 11) is 1.69. The van der Waals surface area contributed by atoms with Gasteiger partial charge in [0.25, 0.3) is 0 Å². The fourth-order valence-corrected chi connectivity index (χ4v) is 4.78. The number of hydrogen-bond donors (Lipinski definition) is 1. The van der Waals surface area contributed by atoms with Gasteiger partial charge in [-0.1, -0.05) is 12.1 Å². The van der Waals surface area contributed by atoms with E-state index in [4.69, 9.17) is 19.2 Å². The summed E-state index contributed by atoms with van der Waals surface area (Å²) in [6.45, 7) is 6.89. The maximum absolute atomic E-state index is 6.00. The molecule has 2 saturated heterocycles. The molecule has 0 radical (unpaired) electrons. The van der Waals surface area contributed by atoms with E-state index in [9.17, 15) is 0 Å². The third kappa shape index (κ3) is 5.14. The Kier molecular flexibility index (Phi) is 7.25. The van der Waals surface area contributed by atoms with Gasteiger partial charge in [0.05, 0.1) is 26.4 Å². The van der Waals surface area contributed by atoms with Gasteiger partial charge in [0.1, 0.15) is 11.9 Å². The molecule has 2 aliphatic heterocycles. The molecule has 2 aromatic rings.